The van der Waals surface area contributed by atoms with Gasteiger partial charge in [0.2, 0.25) is 11.4 Å². The number of likely N-dealkylation sites (tertiary alicyclic amines) is 1. The molecule has 1 unspecified atom stereocenters. The molecule has 10 nitrogen and oxygen atoms in total. The number of benzene rings is 2. The maximum Gasteiger partial charge on any atom is 0.280 e. The first-order chi connectivity index (χ1) is 20.0. The number of nitrogens with zero attached hydrogens (tertiary/aromatic N) is 4. The molecule has 212 valence electrons. The van der Waals surface area contributed by atoms with Crippen LogP contribution in [0, 0.1) is 0 Å². The van der Waals surface area contributed by atoms with Crippen LogP contribution in [-0.2, 0) is 24.1 Å². The van der Waals surface area contributed by atoms with Crippen LogP contribution in [0.5, 0.6) is 0 Å². The van der Waals surface area contributed by atoms with E-state index in [1.165, 1.54) is 36.2 Å². The van der Waals surface area contributed by atoms with Gasteiger partial charge in [0.05, 0.1) is 19.1 Å². The molecule has 3 heterocycles. The van der Waals surface area contributed by atoms with E-state index < -0.39 is 11.3 Å². The molecule has 2 aromatic heterocycles. The van der Waals surface area contributed by atoms with Crippen LogP contribution in [-0.4, -0.2) is 63.3 Å². The Balaban J connectivity index is 1.29. The minimum absolute atomic E-state index is 0.0565. The summed E-state index contributed by atoms with van der Waals surface area (Å²) in [5.74, 6) is -0.287. The lowest BCUT2D eigenvalue weighted by Crippen LogP contribution is -2.33. The Hall–Kier alpha value is -4.12. The van der Waals surface area contributed by atoms with Gasteiger partial charge in [0.1, 0.15) is 5.56 Å². The summed E-state index contributed by atoms with van der Waals surface area (Å²) in [6.07, 6.45) is 9.26. The largest absolute Gasteiger partial charge is 0.395 e. The number of anilines is 2. The molecule has 0 bridgehead atoms. The first-order valence-corrected chi connectivity index (χ1v) is 14.1. The second-order valence-electron chi connectivity index (χ2n) is 10.7. The average Bonchev–Trinajstić information content (AvgIpc) is 3.66. The number of aromatic nitrogens is 3. The van der Waals surface area contributed by atoms with Crippen LogP contribution in [0.1, 0.15) is 46.3 Å². The summed E-state index contributed by atoms with van der Waals surface area (Å²) < 4.78 is 1.77. The molecule has 10 heteroatoms. The average molecular weight is 555 g/mol. The Bertz CT molecular complexity index is 1630. The number of carbonyl (C=O) groups is 1. The van der Waals surface area contributed by atoms with Crippen LogP contribution in [0.15, 0.2) is 59.7 Å². The second-order valence-corrected chi connectivity index (χ2v) is 10.7. The third-order valence-corrected chi connectivity index (χ3v) is 8.15. The summed E-state index contributed by atoms with van der Waals surface area (Å²) in [4.78, 5) is 42.2. The topological polar surface area (TPSA) is 122 Å². The first kappa shape index (κ1) is 27.1. The predicted octanol–water partition coefficient (Wildman–Crippen LogP) is 3.30. The fourth-order valence-corrected chi connectivity index (χ4v) is 5.94. The van der Waals surface area contributed by atoms with Crippen LogP contribution in [0.25, 0.3) is 16.7 Å². The van der Waals surface area contributed by atoms with Gasteiger partial charge in [-0.15, -0.1) is 0 Å². The fourth-order valence-electron chi connectivity index (χ4n) is 5.94. The highest BCUT2D eigenvalue weighted by molar-refractivity contribution is 5.96. The Morgan fingerprint density at radius 1 is 1.12 bits per heavy atom. The Labute approximate surface area is 238 Å². The van der Waals surface area contributed by atoms with Crippen molar-refractivity contribution >= 4 is 28.6 Å². The van der Waals surface area contributed by atoms with Crippen molar-refractivity contribution in [3.8, 4) is 5.69 Å². The lowest BCUT2D eigenvalue weighted by Gasteiger charge is -2.22. The van der Waals surface area contributed by atoms with Gasteiger partial charge in [-0.25, -0.2) is 10.5 Å². The summed E-state index contributed by atoms with van der Waals surface area (Å²) in [7, 11) is 1.33. The number of pyridine rings is 1. The zero-order valence-electron chi connectivity index (χ0n) is 23.1. The number of rotatable bonds is 9. The second kappa shape index (κ2) is 11.8. The van der Waals surface area contributed by atoms with Crippen LogP contribution in [0.4, 0.5) is 11.6 Å². The molecule has 0 radical (unpaired) electrons. The van der Waals surface area contributed by atoms with Crippen molar-refractivity contribution in [2.24, 2.45) is 0 Å². The lowest BCUT2D eigenvalue weighted by atomic mass is 10.1. The standard InChI is InChI=1S/C31H34N6O4/c1-41-35-30(40)27-18-37(24-12-9-21-4-2-5-22(21)16-24)29-26(28(27)39)17-32-31(34-29)33-23-10-7-20(8-11-23)13-15-36-14-3-6-25(36)19-38/h7-12,16-18,25,38H,2-6,13-15,19H2,1H3,(H,35,40)(H,32,33,34). The van der Waals surface area contributed by atoms with Gasteiger partial charge in [0.25, 0.3) is 5.91 Å². The van der Waals surface area contributed by atoms with Crippen LogP contribution < -0.4 is 16.2 Å². The summed E-state index contributed by atoms with van der Waals surface area (Å²) in [6.45, 7) is 2.19. The number of carbonyl (C=O) groups excluding carboxylic acids is 1. The highest BCUT2D eigenvalue weighted by atomic mass is 16.6. The number of fused-ring (bicyclic) bond motifs is 2. The van der Waals surface area contributed by atoms with Gasteiger partial charge in [0, 0.05) is 36.4 Å². The fraction of sp³-hybridized carbons (Fsp3) is 0.355. The zero-order chi connectivity index (χ0) is 28.3. The number of hydroxylamine groups is 1. The number of aliphatic hydroxyl groups is 1. The first-order valence-electron chi connectivity index (χ1n) is 14.1. The number of hydrogen-bond acceptors (Lipinski definition) is 8. The van der Waals surface area contributed by atoms with Gasteiger partial charge in [-0.2, -0.15) is 4.98 Å². The monoisotopic (exact) mass is 554 g/mol. The van der Waals surface area contributed by atoms with E-state index >= 15 is 0 Å². The van der Waals surface area contributed by atoms with Crippen molar-refractivity contribution in [1.29, 1.82) is 0 Å². The van der Waals surface area contributed by atoms with E-state index in [9.17, 15) is 14.7 Å². The number of aryl methyl sites for hydroxylation is 2. The minimum Gasteiger partial charge on any atom is -0.395 e. The van der Waals surface area contributed by atoms with E-state index in [1.54, 1.807) is 4.57 Å². The third kappa shape index (κ3) is 5.58. The van der Waals surface area contributed by atoms with Gasteiger partial charge >= 0.3 is 0 Å². The van der Waals surface area contributed by atoms with Crippen molar-refractivity contribution in [2.75, 3.05) is 32.1 Å². The summed E-state index contributed by atoms with van der Waals surface area (Å²) in [5.41, 5.74) is 7.57. The molecular weight excluding hydrogens is 520 g/mol. The minimum atomic E-state index is -0.631. The van der Waals surface area contributed by atoms with Gasteiger partial charge < -0.3 is 15.0 Å². The molecule has 0 saturated carbocycles. The molecule has 1 amide bonds. The third-order valence-electron chi connectivity index (χ3n) is 8.15. The molecule has 3 N–H and O–H groups in total. The zero-order valence-corrected chi connectivity index (χ0v) is 23.1. The van der Waals surface area contributed by atoms with Crippen molar-refractivity contribution in [1.82, 2.24) is 24.9 Å². The van der Waals surface area contributed by atoms with E-state index in [-0.39, 0.29) is 23.6 Å². The van der Waals surface area contributed by atoms with Gasteiger partial charge in [-0.05, 0) is 86.0 Å². The Kier molecular flexibility index (Phi) is 7.78. The van der Waals surface area contributed by atoms with Crippen LogP contribution in [0.3, 0.4) is 0 Å². The molecule has 2 aliphatic rings. The van der Waals surface area contributed by atoms with E-state index in [4.69, 9.17) is 9.82 Å². The number of amides is 1. The predicted molar refractivity (Wildman–Crippen MR) is 157 cm³/mol. The maximum absolute atomic E-state index is 13.3. The van der Waals surface area contributed by atoms with Gasteiger partial charge in [0.15, 0.2) is 5.65 Å². The molecule has 1 aliphatic carbocycles. The normalized spacial score (nSPS) is 16.7. The van der Waals surface area contributed by atoms with Crippen molar-refractivity contribution in [3.05, 3.63) is 87.3 Å². The quantitative estimate of drug-likeness (QED) is 0.270. The molecule has 1 fully saturated rings. The van der Waals surface area contributed by atoms with E-state index in [0.717, 1.165) is 63.0 Å². The summed E-state index contributed by atoms with van der Waals surface area (Å²) in [5, 5.41) is 13.1. The molecule has 2 aromatic carbocycles. The molecule has 1 atom stereocenters. The van der Waals surface area contributed by atoms with Crippen LogP contribution in [0.2, 0.25) is 0 Å². The van der Waals surface area contributed by atoms with Crippen molar-refractivity contribution in [2.45, 2.75) is 44.6 Å². The molecule has 1 saturated heterocycles. The summed E-state index contributed by atoms with van der Waals surface area (Å²) >= 11 is 0. The lowest BCUT2D eigenvalue weighted by molar-refractivity contribution is 0.0536. The van der Waals surface area contributed by atoms with Gasteiger partial charge in [-0.1, -0.05) is 18.2 Å². The number of hydrogen-bond donors (Lipinski definition) is 3. The number of aliphatic hydroxyl groups excluding tert-OH is 1. The molecule has 0 spiro atoms. The molecule has 4 aromatic rings. The van der Waals surface area contributed by atoms with E-state index in [2.05, 4.69) is 44.9 Å². The Morgan fingerprint density at radius 2 is 1.95 bits per heavy atom. The highest BCUT2D eigenvalue weighted by Gasteiger charge is 2.23. The summed E-state index contributed by atoms with van der Waals surface area (Å²) in [6, 6.07) is 14.6. The number of nitrogens with one attached hydrogen (secondary N) is 2. The van der Waals surface area contributed by atoms with E-state index in [0.29, 0.717) is 11.6 Å². The molecular formula is C31H34N6O4. The maximum atomic E-state index is 13.3. The molecule has 1 aliphatic heterocycles. The smallest absolute Gasteiger partial charge is 0.280 e. The molecule has 6 rings (SSSR count). The van der Waals surface area contributed by atoms with E-state index in [1.807, 2.05) is 18.2 Å². The van der Waals surface area contributed by atoms with Crippen LogP contribution >= 0.6 is 0 Å². The highest BCUT2D eigenvalue weighted by Crippen LogP contribution is 2.26. The molecule has 41 heavy (non-hydrogen) atoms. The van der Waals surface area contributed by atoms with Crippen molar-refractivity contribution < 1.29 is 14.7 Å². The van der Waals surface area contributed by atoms with Gasteiger partial charge in [-0.3, -0.25) is 19.3 Å². The Morgan fingerprint density at radius 3 is 2.76 bits per heavy atom. The SMILES string of the molecule is CONC(=O)c1cn(-c2ccc3c(c2)CCC3)c2nc(Nc3ccc(CCN4CCCC4CO)cc3)ncc2c1=O. The van der Waals surface area contributed by atoms with Crippen molar-refractivity contribution in [3.63, 3.8) is 0 Å².